The Morgan fingerprint density at radius 2 is 2.09 bits per heavy atom. The monoisotopic (exact) mass is 463 g/mol. The molecule has 33 heavy (non-hydrogen) atoms. The lowest BCUT2D eigenvalue weighted by atomic mass is 10.1. The maximum Gasteiger partial charge on any atom is 0.259 e. The summed E-state index contributed by atoms with van der Waals surface area (Å²) in [6.45, 7) is 6.30. The van der Waals surface area contributed by atoms with E-state index in [1.165, 1.54) is 5.56 Å². The SMILES string of the molecule is COc1cc(C)ccc1C(=O)Nc1cn[nH]c1-c1nc2cc(CN3CCOCC3)ccc2s1. The summed E-state index contributed by atoms with van der Waals surface area (Å²) in [5, 5.41) is 10.9. The molecule has 0 spiro atoms. The fraction of sp³-hybridized carbons (Fsp3) is 0.292. The third kappa shape index (κ3) is 4.61. The minimum atomic E-state index is -0.261. The summed E-state index contributed by atoms with van der Waals surface area (Å²) < 4.78 is 11.9. The van der Waals surface area contributed by atoms with Crippen molar-refractivity contribution >= 4 is 33.1 Å². The van der Waals surface area contributed by atoms with Gasteiger partial charge in [0.1, 0.15) is 16.5 Å². The van der Waals surface area contributed by atoms with Gasteiger partial charge in [0, 0.05) is 19.6 Å². The van der Waals surface area contributed by atoms with Crippen molar-refractivity contribution in [1.29, 1.82) is 0 Å². The van der Waals surface area contributed by atoms with E-state index in [9.17, 15) is 4.79 Å². The Balaban J connectivity index is 1.38. The highest BCUT2D eigenvalue weighted by molar-refractivity contribution is 7.21. The first-order chi connectivity index (χ1) is 16.1. The molecule has 2 aromatic heterocycles. The third-order valence-electron chi connectivity index (χ3n) is 5.66. The number of amides is 1. The highest BCUT2D eigenvalue weighted by Gasteiger charge is 2.19. The van der Waals surface area contributed by atoms with Crippen LogP contribution < -0.4 is 10.1 Å². The molecule has 0 bridgehead atoms. The topological polar surface area (TPSA) is 92.4 Å². The van der Waals surface area contributed by atoms with Gasteiger partial charge in [-0.3, -0.25) is 14.8 Å². The number of fused-ring (bicyclic) bond motifs is 1. The van der Waals surface area contributed by atoms with Crippen LogP contribution in [0.3, 0.4) is 0 Å². The molecule has 2 N–H and O–H groups in total. The zero-order valence-electron chi connectivity index (χ0n) is 18.6. The molecule has 1 fully saturated rings. The number of rotatable bonds is 6. The quantitative estimate of drug-likeness (QED) is 0.448. The number of aryl methyl sites for hydroxylation is 1. The van der Waals surface area contributed by atoms with Gasteiger partial charge in [-0.25, -0.2) is 4.98 Å². The zero-order valence-corrected chi connectivity index (χ0v) is 19.4. The van der Waals surface area contributed by atoms with Crippen LogP contribution in [-0.2, 0) is 11.3 Å². The number of methoxy groups -OCH3 is 1. The van der Waals surface area contributed by atoms with Gasteiger partial charge in [-0.15, -0.1) is 11.3 Å². The van der Waals surface area contributed by atoms with Crippen LogP contribution in [0.2, 0.25) is 0 Å². The molecule has 1 aliphatic heterocycles. The molecule has 2 aromatic carbocycles. The van der Waals surface area contributed by atoms with E-state index in [1.54, 1.807) is 30.7 Å². The van der Waals surface area contributed by atoms with Crippen molar-refractivity contribution in [3.63, 3.8) is 0 Å². The second kappa shape index (κ2) is 9.30. The molecule has 0 atom stereocenters. The van der Waals surface area contributed by atoms with Crippen molar-refractivity contribution in [3.05, 3.63) is 59.3 Å². The second-order valence-electron chi connectivity index (χ2n) is 8.03. The molecule has 9 heteroatoms. The third-order valence-corrected chi connectivity index (χ3v) is 6.72. The van der Waals surface area contributed by atoms with Crippen LogP contribution in [0.15, 0.2) is 42.6 Å². The van der Waals surface area contributed by atoms with Crippen LogP contribution >= 0.6 is 11.3 Å². The van der Waals surface area contributed by atoms with Crippen LogP contribution in [-0.4, -0.2) is 59.4 Å². The number of benzene rings is 2. The molecule has 0 unspecified atom stereocenters. The molecular formula is C24H25N5O3S. The number of aromatic amines is 1. The summed E-state index contributed by atoms with van der Waals surface area (Å²) in [7, 11) is 1.56. The van der Waals surface area contributed by atoms with Crippen LogP contribution in [0.1, 0.15) is 21.5 Å². The smallest absolute Gasteiger partial charge is 0.259 e. The van der Waals surface area contributed by atoms with Crippen molar-refractivity contribution in [3.8, 4) is 16.5 Å². The van der Waals surface area contributed by atoms with Crippen molar-refractivity contribution in [2.24, 2.45) is 0 Å². The average Bonchev–Trinajstić information content (AvgIpc) is 3.45. The van der Waals surface area contributed by atoms with Crippen molar-refractivity contribution in [2.45, 2.75) is 13.5 Å². The van der Waals surface area contributed by atoms with Crippen molar-refractivity contribution in [1.82, 2.24) is 20.1 Å². The number of nitrogens with one attached hydrogen (secondary N) is 2. The molecule has 4 aromatic rings. The number of carbonyl (C=O) groups is 1. The van der Waals surface area contributed by atoms with Crippen molar-refractivity contribution in [2.75, 3.05) is 38.7 Å². The Morgan fingerprint density at radius 1 is 1.24 bits per heavy atom. The van der Waals surface area contributed by atoms with E-state index < -0.39 is 0 Å². The number of nitrogens with zero attached hydrogens (tertiary/aromatic N) is 3. The first kappa shape index (κ1) is 21.6. The number of anilines is 1. The lowest BCUT2D eigenvalue weighted by Crippen LogP contribution is -2.35. The molecule has 0 aliphatic carbocycles. The summed E-state index contributed by atoms with van der Waals surface area (Å²) in [5.41, 5.74) is 4.92. The van der Waals surface area contributed by atoms with Crippen molar-refractivity contribution < 1.29 is 14.3 Å². The molecular weight excluding hydrogens is 438 g/mol. The Bertz CT molecular complexity index is 1290. The predicted molar refractivity (Wildman–Crippen MR) is 129 cm³/mol. The predicted octanol–water partition coefficient (Wildman–Crippen LogP) is 4.09. The molecule has 0 saturated carbocycles. The first-order valence-corrected chi connectivity index (χ1v) is 11.6. The maximum absolute atomic E-state index is 12.9. The second-order valence-corrected chi connectivity index (χ2v) is 9.06. The number of aromatic nitrogens is 3. The summed E-state index contributed by atoms with van der Waals surface area (Å²) >= 11 is 1.56. The Labute approximate surface area is 195 Å². The van der Waals surface area contributed by atoms with Gasteiger partial charge in [-0.05, 0) is 42.3 Å². The van der Waals surface area contributed by atoms with Gasteiger partial charge in [0.2, 0.25) is 0 Å². The van der Waals surface area contributed by atoms with E-state index in [-0.39, 0.29) is 5.91 Å². The largest absolute Gasteiger partial charge is 0.496 e. The van der Waals surface area contributed by atoms with Gasteiger partial charge >= 0.3 is 0 Å². The average molecular weight is 464 g/mol. The van der Waals surface area contributed by atoms with Gasteiger partial charge in [-0.2, -0.15) is 5.10 Å². The number of hydrogen-bond acceptors (Lipinski definition) is 7. The van der Waals surface area contributed by atoms with E-state index in [0.29, 0.717) is 22.7 Å². The molecule has 3 heterocycles. The minimum absolute atomic E-state index is 0.261. The number of H-pyrrole nitrogens is 1. The van der Waals surface area contributed by atoms with Crippen LogP contribution in [0, 0.1) is 6.92 Å². The maximum atomic E-state index is 12.9. The molecule has 1 aliphatic rings. The van der Waals surface area contributed by atoms with Gasteiger partial charge in [-0.1, -0.05) is 12.1 Å². The fourth-order valence-corrected chi connectivity index (χ4v) is 4.87. The normalized spacial score (nSPS) is 14.5. The van der Waals surface area contributed by atoms with E-state index in [1.807, 2.05) is 19.1 Å². The summed E-state index contributed by atoms with van der Waals surface area (Å²) in [6.07, 6.45) is 1.60. The van der Waals surface area contributed by atoms with Gasteiger partial charge in [0.15, 0.2) is 0 Å². The lowest BCUT2D eigenvalue weighted by Gasteiger charge is -2.26. The van der Waals surface area contributed by atoms with E-state index >= 15 is 0 Å². The van der Waals surface area contributed by atoms with E-state index in [0.717, 1.165) is 53.6 Å². The summed E-state index contributed by atoms with van der Waals surface area (Å²) in [6, 6.07) is 11.9. The van der Waals surface area contributed by atoms with Gasteiger partial charge < -0.3 is 14.8 Å². The number of hydrogen-bond donors (Lipinski definition) is 2. The van der Waals surface area contributed by atoms with Gasteiger partial charge in [0.05, 0.1) is 48.0 Å². The van der Waals surface area contributed by atoms with Crippen LogP contribution in [0.4, 0.5) is 5.69 Å². The first-order valence-electron chi connectivity index (χ1n) is 10.8. The minimum Gasteiger partial charge on any atom is -0.496 e. The number of ether oxygens (including phenoxy) is 2. The summed E-state index contributed by atoms with van der Waals surface area (Å²) in [4.78, 5) is 20.1. The number of carbonyl (C=O) groups excluding carboxylic acids is 1. The molecule has 8 nitrogen and oxygen atoms in total. The molecule has 5 rings (SSSR count). The zero-order chi connectivity index (χ0) is 22.8. The standard InChI is InChI=1S/C24H25N5O3S/c1-15-3-5-17(20(11-15)31-2)23(30)26-19-13-25-28-22(19)24-27-18-12-16(4-6-21(18)33-24)14-29-7-9-32-10-8-29/h3-6,11-13H,7-10,14H2,1-2H3,(H,25,28)(H,26,30). The Morgan fingerprint density at radius 3 is 2.91 bits per heavy atom. The molecule has 1 saturated heterocycles. The highest BCUT2D eigenvalue weighted by Crippen LogP contribution is 2.34. The fourth-order valence-electron chi connectivity index (χ4n) is 3.92. The molecule has 0 radical (unpaired) electrons. The molecule has 1 amide bonds. The lowest BCUT2D eigenvalue weighted by molar-refractivity contribution is 0.0342. The number of morpholine rings is 1. The van der Waals surface area contributed by atoms with E-state index in [2.05, 4.69) is 38.6 Å². The Kier molecular flexibility index (Phi) is 6.08. The number of thiazole rings is 1. The Hall–Kier alpha value is -3.27. The van der Waals surface area contributed by atoms with Gasteiger partial charge in [0.25, 0.3) is 5.91 Å². The molecule has 170 valence electrons. The van der Waals surface area contributed by atoms with Crippen LogP contribution in [0.25, 0.3) is 20.9 Å². The highest BCUT2D eigenvalue weighted by atomic mass is 32.1. The van der Waals surface area contributed by atoms with E-state index in [4.69, 9.17) is 14.5 Å². The van der Waals surface area contributed by atoms with Crippen LogP contribution in [0.5, 0.6) is 5.75 Å². The summed E-state index contributed by atoms with van der Waals surface area (Å²) in [5.74, 6) is 0.272.